The van der Waals surface area contributed by atoms with Crippen LogP contribution in [0.4, 0.5) is 4.39 Å². The summed E-state index contributed by atoms with van der Waals surface area (Å²) in [5.41, 5.74) is 1.56. The molecule has 2 heterocycles. The zero-order valence-electron chi connectivity index (χ0n) is 15.9. The van der Waals surface area contributed by atoms with Crippen molar-refractivity contribution >= 4 is 35.6 Å². The number of ether oxygens (including phenoxy) is 1. The summed E-state index contributed by atoms with van der Waals surface area (Å²) < 4.78 is 21.1. The number of guanidine groups is 1. The first kappa shape index (κ1) is 21.9. The summed E-state index contributed by atoms with van der Waals surface area (Å²) in [6.07, 6.45) is 1.92. The van der Waals surface area contributed by atoms with Gasteiger partial charge in [0.05, 0.1) is 19.7 Å². The SMILES string of the molecule is CCNC(=NCc1ccc(OCC)c(F)c1)NCc1nnc2ccccn12.I. The van der Waals surface area contributed by atoms with E-state index < -0.39 is 0 Å². The van der Waals surface area contributed by atoms with Gasteiger partial charge in [0.1, 0.15) is 0 Å². The van der Waals surface area contributed by atoms with Crippen molar-refractivity contribution in [1.29, 1.82) is 0 Å². The van der Waals surface area contributed by atoms with Gasteiger partial charge in [-0.3, -0.25) is 4.40 Å². The number of benzene rings is 1. The standard InChI is InChI=1S/C19H23FN6O.HI/c1-3-21-19(22-12-14-8-9-16(27-4-2)15(20)11-14)23-13-18-25-24-17-7-5-6-10-26(17)18;/h5-11H,3-4,12-13H2,1-2H3,(H2,21,22,23);1H. The van der Waals surface area contributed by atoms with E-state index in [4.69, 9.17) is 4.74 Å². The quantitative estimate of drug-likeness (QED) is 0.298. The largest absolute Gasteiger partial charge is 0.491 e. The molecule has 0 spiro atoms. The van der Waals surface area contributed by atoms with E-state index in [1.807, 2.05) is 48.7 Å². The molecular formula is C19H24FIN6O. The predicted molar refractivity (Wildman–Crippen MR) is 118 cm³/mol. The lowest BCUT2D eigenvalue weighted by molar-refractivity contribution is 0.321. The average Bonchev–Trinajstić information content (AvgIpc) is 3.09. The molecule has 150 valence electrons. The number of aliphatic imine (C=N–C) groups is 1. The summed E-state index contributed by atoms with van der Waals surface area (Å²) >= 11 is 0. The molecule has 28 heavy (non-hydrogen) atoms. The summed E-state index contributed by atoms with van der Waals surface area (Å²) in [5.74, 6) is 1.29. The minimum atomic E-state index is -0.377. The Kier molecular flexibility index (Phi) is 8.42. The first-order chi connectivity index (χ1) is 13.2. The third-order valence-electron chi connectivity index (χ3n) is 3.86. The van der Waals surface area contributed by atoms with Crippen LogP contribution in [0, 0.1) is 5.82 Å². The fourth-order valence-corrected chi connectivity index (χ4v) is 2.60. The normalized spacial score (nSPS) is 11.2. The van der Waals surface area contributed by atoms with Crippen molar-refractivity contribution in [3.8, 4) is 5.75 Å². The molecule has 1 aromatic carbocycles. The molecule has 0 radical (unpaired) electrons. The van der Waals surface area contributed by atoms with Gasteiger partial charge in [-0.15, -0.1) is 34.2 Å². The van der Waals surface area contributed by atoms with Crippen LogP contribution in [0.3, 0.4) is 0 Å². The topological polar surface area (TPSA) is 75.8 Å². The Morgan fingerprint density at radius 2 is 2.04 bits per heavy atom. The van der Waals surface area contributed by atoms with E-state index in [2.05, 4.69) is 25.8 Å². The molecule has 0 bridgehead atoms. The molecule has 0 saturated carbocycles. The van der Waals surface area contributed by atoms with E-state index in [0.29, 0.717) is 32.2 Å². The van der Waals surface area contributed by atoms with Gasteiger partial charge in [-0.1, -0.05) is 12.1 Å². The molecule has 3 aromatic rings. The van der Waals surface area contributed by atoms with Crippen LogP contribution in [0.25, 0.3) is 5.65 Å². The van der Waals surface area contributed by atoms with E-state index in [1.54, 1.807) is 6.07 Å². The lowest BCUT2D eigenvalue weighted by Gasteiger charge is -2.11. The second-order valence-electron chi connectivity index (χ2n) is 5.79. The fraction of sp³-hybridized carbons (Fsp3) is 0.316. The molecule has 0 aliphatic rings. The Hall–Kier alpha value is -2.43. The minimum absolute atomic E-state index is 0. The van der Waals surface area contributed by atoms with Crippen LogP contribution in [-0.4, -0.2) is 33.7 Å². The van der Waals surface area contributed by atoms with Gasteiger partial charge in [0.15, 0.2) is 29.0 Å². The number of pyridine rings is 1. The summed E-state index contributed by atoms with van der Waals surface area (Å²) in [4.78, 5) is 4.51. The van der Waals surface area contributed by atoms with E-state index in [-0.39, 0.29) is 35.5 Å². The van der Waals surface area contributed by atoms with Crippen molar-refractivity contribution in [2.45, 2.75) is 26.9 Å². The fourth-order valence-electron chi connectivity index (χ4n) is 2.60. The maximum Gasteiger partial charge on any atom is 0.191 e. The summed E-state index contributed by atoms with van der Waals surface area (Å²) in [6.45, 7) is 5.77. The molecule has 0 atom stereocenters. The lowest BCUT2D eigenvalue weighted by atomic mass is 10.2. The van der Waals surface area contributed by atoms with Gasteiger partial charge in [-0.05, 0) is 43.7 Å². The maximum atomic E-state index is 14.0. The van der Waals surface area contributed by atoms with E-state index in [0.717, 1.165) is 17.0 Å². The average molecular weight is 498 g/mol. The highest BCUT2D eigenvalue weighted by molar-refractivity contribution is 14.0. The number of fused-ring (bicyclic) bond motifs is 1. The van der Waals surface area contributed by atoms with Gasteiger partial charge in [-0.25, -0.2) is 9.38 Å². The lowest BCUT2D eigenvalue weighted by Crippen LogP contribution is -2.37. The van der Waals surface area contributed by atoms with E-state index in [9.17, 15) is 4.39 Å². The van der Waals surface area contributed by atoms with Crippen molar-refractivity contribution in [1.82, 2.24) is 25.2 Å². The van der Waals surface area contributed by atoms with Gasteiger partial charge in [0, 0.05) is 12.7 Å². The second-order valence-corrected chi connectivity index (χ2v) is 5.79. The van der Waals surface area contributed by atoms with Crippen LogP contribution >= 0.6 is 24.0 Å². The maximum absolute atomic E-state index is 14.0. The Bertz CT molecular complexity index is 930. The molecule has 9 heteroatoms. The van der Waals surface area contributed by atoms with Gasteiger partial charge >= 0.3 is 0 Å². The molecule has 3 rings (SSSR count). The van der Waals surface area contributed by atoms with Crippen molar-refractivity contribution in [3.05, 3.63) is 59.8 Å². The smallest absolute Gasteiger partial charge is 0.191 e. The molecular weight excluding hydrogens is 474 g/mol. The third-order valence-corrected chi connectivity index (χ3v) is 3.86. The van der Waals surface area contributed by atoms with Gasteiger partial charge in [0.25, 0.3) is 0 Å². The molecule has 0 saturated heterocycles. The molecule has 0 fully saturated rings. The van der Waals surface area contributed by atoms with Crippen LogP contribution < -0.4 is 15.4 Å². The Morgan fingerprint density at radius 3 is 2.79 bits per heavy atom. The molecule has 2 aromatic heterocycles. The molecule has 2 N–H and O–H groups in total. The summed E-state index contributed by atoms with van der Waals surface area (Å²) in [5, 5.41) is 14.7. The van der Waals surface area contributed by atoms with E-state index in [1.165, 1.54) is 6.07 Å². The molecule has 0 amide bonds. The number of halogens is 2. The number of hydrogen-bond donors (Lipinski definition) is 2. The van der Waals surface area contributed by atoms with Crippen LogP contribution in [-0.2, 0) is 13.1 Å². The number of nitrogens with zero attached hydrogens (tertiary/aromatic N) is 4. The highest BCUT2D eigenvalue weighted by atomic mass is 127. The second kappa shape index (κ2) is 10.8. The van der Waals surface area contributed by atoms with Gasteiger partial charge in [-0.2, -0.15) is 0 Å². The number of nitrogens with one attached hydrogen (secondary N) is 2. The van der Waals surface area contributed by atoms with Crippen LogP contribution in [0.15, 0.2) is 47.6 Å². The Morgan fingerprint density at radius 1 is 1.18 bits per heavy atom. The number of rotatable bonds is 7. The zero-order valence-corrected chi connectivity index (χ0v) is 18.2. The Balaban J connectivity index is 0.00000280. The molecule has 7 nitrogen and oxygen atoms in total. The van der Waals surface area contributed by atoms with Crippen molar-refractivity contribution < 1.29 is 9.13 Å². The minimum Gasteiger partial charge on any atom is -0.491 e. The monoisotopic (exact) mass is 498 g/mol. The van der Waals surface area contributed by atoms with Crippen LogP contribution in [0.1, 0.15) is 25.2 Å². The molecule has 0 aliphatic carbocycles. The van der Waals surface area contributed by atoms with Crippen molar-refractivity contribution in [2.75, 3.05) is 13.2 Å². The molecule has 0 unspecified atom stereocenters. The summed E-state index contributed by atoms with van der Waals surface area (Å²) in [7, 11) is 0. The molecule has 0 aliphatic heterocycles. The van der Waals surface area contributed by atoms with Crippen molar-refractivity contribution in [2.24, 2.45) is 4.99 Å². The first-order valence-electron chi connectivity index (χ1n) is 8.93. The van der Waals surface area contributed by atoms with Crippen LogP contribution in [0.5, 0.6) is 5.75 Å². The van der Waals surface area contributed by atoms with Crippen LogP contribution in [0.2, 0.25) is 0 Å². The van der Waals surface area contributed by atoms with Gasteiger partial charge < -0.3 is 15.4 Å². The first-order valence-corrected chi connectivity index (χ1v) is 8.93. The number of hydrogen-bond acceptors (Lipinski definition) is 4. The zero-order chi connectivity index (χ0) is 19.1. The van der Waals surface area contributed by atoms with Crippen molar-refractivity contribution in [3.63, 3.8) is 0 Å². The number of aromatic nitrogens is 3. The predicted octanol–water partition coefficient (Wildman–Crippen LogP) is 3.14. The highest BCUT2D eigenvalue weighted by Gasteiger charge is 2.07. The highest BCUT2D eigenvalue weighted by Crippen LogP contribution is 2.18. The van der Waals surface area contributed by atoms with Gasteiger partial charge in [0.2, 0.25) is 0 Å². The Labute approximate surface area is 180 Å². The third kappa shape index (κ3) is 5.54. The van der Waals surface area contributed by atoms with E-state index >= 15 is 0 Å². The summed E-state index contributed by atoms with van der Waals surface area (Å²) in [6, 6.07) is 10.6.